The molecule has 1 N–H and O–H groups in total. The van der Waals surface area contributed by atoms with Crippen LogP contribution in [0, 0.1) is 10.8 Å². The fourth-order valence-corrected chi connectivity index (χ4v) is 6.14. The Hall–Kier alpha value is -1.76. The summed E-state index contributed by atoms with van der Waals surface area (Å²) in [5.74, 6) is 0.918. The summed E-state index contributed by atoms with van der Waals surface area (Å²) >= 11 is 14.1. The van der Waals surface area contributed by atoms with Gasteiger partial charge in [0.15, 0.2) is 5.65 Å². The number of imidazole rings is 1. The van der Waals surface area contributed by atoms with E-state index in [2.05, 4.69) is 14.3 Å². The van der Waals surface area contributed by atoms with Gasteiger partial charge < -0.3 is 10.3 Å². The molecule has 2 aromatic heterocycles. The van der Waals surface area contributed by atoms with Crippen molar-refractivity contribution < 1.29 is 0 Å². The van der Waals surface area contributed by atoms with Gasteiger partial charge in [0.25, 0.3) is 0 Å². The van der Waals surface area contributed by atoms with Gasteiger partial charge in [-0.15, -0.1) is 0 Å². The van der Waals surface area contributed by atoms with Crippen molar-refractivity contribution in [2.45, 2.75) is 48.3 Å². The third kappa shape index (κ3) is 3.49. The first kappa shape index (κ1) is 20.2. The SMILES string of the molecule is N=C1CCCCC12CCN(c1ncc(Sc3cccc(Cl)c3Cl)c3nccn13)CC2. The number of nitrogens with one attached hydrogen (secondary N) is 1. The van der Waals surface area contributed by atoms with E-state index in [1.54, 1.807) is 6.07 Å². The highest BCUT2D eigenvalue weighted by molar-refractivity contribution is 7.99. The average molecular weight is 460 g/mol. The number of nitrogens with zero attached hydrogens (tertiary/aromatic N) is 4. The van der Waals surface area contributed by atoms with Gasteiger partial charge in [-0.1, -0.05) is 47.5 Å². The van der Waals surface area contributed by atoms with Gasteiger partial charge >= 0.3 is 0 Å². The third-order valence-electron chi connectivity index (χ3n) is 6.49. The number of piperidine rings is 1. The summed E-state index contributed by atoms with van der Waals surface area (Å²) in [5.41, 5.74) is 1.97. The number of fused-ring (bicyclic) bond motifs is 1. The number of hydrogen-bond acceptors (Lipinski definition) is 5. The van der Waals surface area contributed by atoms with Crippen molar-refractivity contribution in [2.75, 3.05) is 18.0 Å². The van der Waals surface area contributed by atoms with E-state index in [1.165, 1.54) is 31.0 Å². The second-order valence-corrected chi connectivity index (χ2v) is 10.0. The topological polar surface area (TPSA) is 57.3 Å². The lowest BCUT2D eigenvalue weighted by Crippen LogP contribution is -2.46. The molecule has 0 amide bonds. The highest BCUT2D eigenvalue weighted by Gasteiger charge is 2.40. The number of aromatic nitrogens is 3. The van der Waals surface area contributed by atoms with E-state index in [0.717, 1.165) is 59.5 Å². The van der Waals surface area contributed by atoms with Crippen LogP contribution in [-0.2, 0) is 0 Å². The van der Waals surface area contributed by atoms with E-state index in [4.69, 9.17) is 33.6 Å². The van der Waals surface area contributed by atoms with Crippen LogP contribution in [0.5, 0.6) is 0 Å². The number of benzene rings is 1. The molecule has 0 atom stereocenters. The van der Waals surface area contributed by atoms with Gasteiger partial charge in [0.2, 0.25) is 5.95 Å². The minimum Gasteiger partial charge on any atom is -0.342 e. The molecule has 2 fully saturated rings. The molecule has 1 saturated heterocycles. The van der Waals surface area contributed by atoms with Crippen LogP contribution < -0.4 is 4.90 Å². The first-order valence-corrected chi connectivity index (χ1v) is 11.9. The Morgan fingerprint density at radius 2 is 1.87 bits per heavy atom. The molecular formula is C22H23Cl2N5S. The molecule has 1 aliphatic heterocycles. The number of anilines is 1. The lowest BCUT2D eigenvalue weighted by Gasteiger charge is -2.44. The molecule has 2 aliphatic rings. The summed E-state index contributed by atoms with van der Waals surface area (Å²) in [4.78, 5) is 13.5. The predicted octanol–water partition coefficient (Wildman–Crippen LogP) is 6.37. The monoisotopic (exact) mass is 459 g/mol. The molecule has 0 unspecified atom stereocenters. The molecule has 3 aromatic rings. The van der Waals surface area contributed by atoms with Crippen molar-refractivity contribution in [3.05, 3.63) is 46.8 Å². The van der Waals surface area contributed by atoms with Crippen LogP contribution in [0.1, 0.15) is 38.5 Å². The zero-order chi connectivity index (χ0) is 20.7. The molecule has 1 saturated carbocycles. The molecule has 1 aromatic carbocycles. The fraction of sp³-hybridized carbons (Fsp3) is 0.409. The first-order valence-electron chi connectivity index (χ1n) is 10.3. The first-order chi connectivity index (χ1) is 14.6. The van der Waals surface area contributed by atoms with E-state index in [1.807, 2.05) is 30.7 Å². The van der Waals surface area contributed by atoms with Gasteiger partial charge in [0.1, 0.15) is 0 Å². The lowest BCUT2D eigenvalue weighted by molar-refractivity contribution is 0.267. The van der Waals surface area contributed by atoms with E-state index < -0.39 is 0 Å². The van der Waals surface area contributed by atoms with Gasteiger partial charge in [0, 0.05) is 47.7 Å². The van der Waals surface area contributed by atoms with E-state index in [9.17, 15) is 0 Å². The Labute approximate surface area is 190 Å². The summed E-state index contributed by atoms with van der Waals surface area (Å²) in [6, 6.07) is 5.64. The quantitative estimate of drug-likeness (QED) is 0.494. The maximum atomic E-state index is 8.50. The van der Waals surface area contributed by atoms with E-state index in [-0.39, 0.29) is 5.41 Å². The number of rotatable bonds is 3. The van der Waals surface area contributed by atoms with Crippen molar-refractivity contribution in [1.29, 1.82) is 5.41 Å². The van der Waals surface area contributed by atoms with Crippen LogP contribution in [0.25, 0.3) is 5.65 Å². The maximum absolute atomic E-state index is 8.50. The molecule has 5 rings (SSSR count). The summed E-state index contributed by atoms with van der Waals surface area (Å²) in [5, 5.41) is 9.60. The van der Waals surface area contributed by atoms with Crippen molar-refractivity contribution in [3.63, 3.8) is 0 Å². The Kier molecular flexibility index (Phi) is 5.42. The lowest BCUT2D eigenvalue weighted by atomic mass is 9.67. The molecule has 156 valence electrons. The smallest absolute Gasteiger partial charge is 0.211 e. The summed E-state index contributed by atoms with van der Waals surface area (Å²) in [6.45, 7) is 1.85. The molecule has 5 nitrogen and oxygen atoms in total. The molecule has 8 heteroatoms. The Morgan fingerprint density at radius 1 is 1.03 bits per heavy atom. The molecular weight excluding hydrogens is 437 g/mol. The highest BCUT2D eigenvalue weighted by atomic mass is 35.5. The summed E-state index contributed by atoms with van der Waals surface area (Å²) in [7, 11) is 0. The second kappa shape index (κ2) is 8.06. The van der Waals surface area contributed by atoms with Crippen molar-refractivity contribution in [1.82, 2.24) is 14.4 Å². The standard InChI is InChI=1S/C22H23Cl2N5S/c23-15-4-3-5-16(19(15)24)30-17-14-27-21(29-13-10-26-20(17)29)28-11-8-22(9-12-28)7-2-1-6-18(22)25/h3-5,10,13-14,25H,1-2,6-9,11-12H2. The predicted molar refractivity (Wildman–Crippen MR) is 124 cm³/mol. The van der Waals surface area contributed by atoms with Gasteiger partial charge in [0.05, 0.1) is 14.9 Å². The van der Waals surface area contributed by atoms with Crippen LogP contribution in [-0.4, -0.2) is 33.2 Å². The molecule has 3 heterocycles. The van der Waals surface area contributed by atoms with Crippen LogP contribution >= 0.6 is 35.0 Å². The normalized spacial score (nSPS) is 19.0. The highest BCUT2D eigenvalue weighted by Crippen LogP contribution is 2.43. The van der Waals surface area contributed by atoms with Gasteiger partial charge in [-0.05, 0) is 44.2 Å². The van der Waals surface area contributed by atoms with Gasteiger partial charge in [-0.2, -0.15) is 0 Å². The van der Waals surface area contributed by atoms with Crippen molar-refractivity contribution in [2.24, 2.45) is 5.41 Å². The zero-order valence-corrected chi connectivity index (χ0v) is 18.9. The van der Waals surface area contributed by atoms with Crippen LogP contribution in [0.3, 0.4) is 0 Å². The average Bonchev–Trinajstić information content (AvgIpc) is 3.25. The minimum absolute atomic E-state index is 0.127. The van der Waals surface area contributed by atoms with Crippen LogP contribution in [0.15, 0.2) is 46.6 Å². The summed E-state index contributed by atoms with van der Waals surface area (Å²) in [6.07, 6.45) is 12.3. The molecule has 0 radical (unpaired) electrons. The van der Waals surface area contributed by atoms with Crippen LogP contribution in [0.2, 0.25) is 10.0 Å². The molecule has 30 heavy (non-hydrogen) atoms. The Morgan fingerprint density at radius 3 is 2.67 bits per heavy atom. The molecule has 1 aliphatic carbocycles. The van der Waals surface area contributed by atoms with Gasteiger partial charge in [-0.3, -0.25) is 4.40 Å². The second-order valence-electron chi connectivity index (χ2n) is 8.15. The Balaban J connectivity index is 1.41. The summed E-state index contributed by atoms with van der Waals surface area (Å²) < 4.78 is 2.06. The van der Waals surface area contributed by atoms with Crippen LogP contribution in [0.4, 0.5) is 5.95 Å². The number of hydrogen-bond donors (Lipinski definition) is 1. The van der Waals surface area contributed by atoms with Crippen molar-refractivity contribution in [3.8, 4) is 0 Å². The third-order valence-corrected chi connectivity index (χ3v) is 8.48. The van der Waals surface area contributed by atoms with Gasteiger partial charge in [-0.25, -0.2) is 9.97 Å². The maximum Gasteiger partial charge on any atom is 0.211 e. The van der Waals surface area contributed by atoms with E-state index in [0.29, 0.717) is 10.0 Å². The molecule has 0 bridgehead atoms. The van der Waals surface area contributed by atoms with E-state index >= 15 is 0 Å². The molecule has 1 spiro atoms. The fourth-order valence-electron chi connectivity index (χ4n) is 4.74. The largest absolute Gasteiger partial charge is 0.342 e. The Bertz CT molecular complexity index is 1100. The minimum atomic E-state index is 0.127. The zero-order valence-electron chi connectivity index (χ0n) is 16.6. The number of halogens is 2. The van der Waals surface area contributed by atoms with Crippen molar-refractivity contribution >= 4 is 52.3 Å².